The molecule has 0 unspecified atom stereocenters. The number of Topliss-reactive ketones (excluding diaryl/α,β-unsaturated/α-hetero) is 1. The lowest BCUT2D eigenvalue weighted by atomic mass is 10.2. The fraction of sp³-hybridized carbons (Fsp3) is 0.800. The molecular weight excluding hydrogens is 225 g/mol. The first-order valence-corrected chi connectivity index (χ1v) is 2.89. The third-order valence-corrected chi connectivity index (χ3v) is 1.16. The predicted molar refractivity (Wildman–Crippen MR) is 28.0 cm³/mol. The van der Waals surface area contributed by atoms with Crippen molar-refractivity contribution in [2.24, 2.45) is 0 Å². The van der Waals surface area contributed by atoms with E-state index in [0.717, 1.165) is 0 Å². The Morgan fingerprint density at radius 2 is 1.36 bits per heavy atom. The molecule has 0 fully saturated rings. The highest BCUT2D eigenvalue weighted by Crippen LogP contribution is 2.39. The summed E-state index contributed by atoms with van der Waals surface area (Å²) >= 11 is 0. The molecule has 0 saturated carbocycles. The fourth-order valence-electron chi connectivity index (χ4n) is 0.438. The first-order valence-electron chi connectivity index (χ1n) is 2.89. The summed E-state index contributed by atoms with van der Waals surface area (Å²) in [5, 5.41) is 0. The highest BCUT2D eigenvalue weighted by atomic mass is 19.4. The van der Waals surface area contributed by atoms with Crippen molar-refractivity contribution in [3.8, 4) is 0 Å². The highest BCUT2D eigenvalue weighted by molar-refractivity contribution is 5.91. The number of halogens is 7. The Morgan fingerprint density at radius 1 is 1.00 bits per heavy atom. The first-order chi connectivity index (χ1) is 5.97. The van der Waals surface area contributed by atoms with Gasteiger partial charge in [0.25, 0.3) is 0 Å². The summed E-state index contributed by atoms with van der Waals surface area (Å²) < 4.78 is 85.3. The van der Waals surface area contributed by atoms with Crippen LogP contribution in [0.1, 0.15) is 0 Å². The molecule has 0 bridgehead atoms. The third-order valence-electron chi connectivity index (χ3n) is 1.16. The van der Waals surface area contributed by atoms with Gasteiger partial charge in [0, 0.05) is 7.11 Å². The SMILES string of the molecule is COC(F)(F)C(F)(F)C(=O)C(F)(F)F. The maximum Gasteiger partial charge on any atom is 0.456 e. The van der Waals surface area contributed by atoms with Gasteiger partial charge < -0.3 is 4.74 Å². The molecule has 0 aromatic carbocycles. The van der Waals surface area contributed by atoms with Gasteiger partial charge in [0.15, 0.2) is 0 Å². The Balaban J connectivity index is 5.07. The maximum atomic E-state index is 12.1. The smallest absolute Gasteiger partial charge is 0.319 e. The Morgan fingerprint density at radius 3 is 1.57 bits per heavy atom. The molecule has 0 rings (SSSR count). The fourth-order valence-corrected chi connectivity index (χ4v) is 0.438. The number of rotatable bonds is 3. The largest absolute Gasteiger partial charge is 0.456 e. The zero-order chi connectivity index (χ0) is 11.8. The van der Waals surface area contributed by atoms with E-state index in [-0.39, 0.29) is 7.11 Å². The van der Waals surface area contributed by atoms with Gasteiger partial charge in [-0.1, -0.05) is 0 Å². The number of ether oxygens (including phenoxy) is 1. The Kier molecular flexibility index (Phi) is 3.16. The van der Waals surface area contributed by atoms with Gasteiger partial charge >= 0.3 is 24.0 Å². The van der Waals surface area contributed by atoms with E-state index in [1.807, 2.05) is 0 Å². The number of hydrogen-bond donors (Lipinski definition) is 0. The summed E-state index contributed by atoms with van der Waals surface area (Å²) in [6.07, 6.45) is -11.5. The average Bonchev–Trinajstić information content (AvgIpc) is 2.01. The second-order valence-corrected chi connectivity index (χ2v) is 2.12. The average molecular weight is 228 g/mol. The third kappa shape index (κ3) is 2.14. The molecule has 0 aliphatic rings. The van der Waals surface area contributed by atoms with Crippen LogP contribution in [0, 0.1) is 0 Å². The van der Waals surface area contributed by atoms with E-state index in [9.17, 15) is 35.5 Å². The number of carbonyl (C=O) groups excluding carboxylic acids is 1. The van der Waals surface area contributed by atoms with Crippen LogP contribution < -0.4 is 0 Å². The summed E-state index contributed by atoms with van der Waals surface area (Å²) in [5.74, 6) is -9.78. The van der Waals surface area contributed by atoms with Gasteiger partial charge in [0.2, 0.25) is 0 Å². The Hall–Kier alpha value is -0.860. The highest BCUT2D eigenvalue weighted by Gasteiger charge is 2.69. The molecule has 84 valence electrons. The van der Waals surface area contributed by atoms with Crippen molar-refractivity contribution in [2.75, 3.05) is 7.11 Å². The molecule has 0 spiro atoms. The minimum Gasteiger partial charge on any atom is -0.319 e. The van der Waals surface area contributed by atoms with Crippen LogP contribution in [0.5, 0.6) is 0 Å². The van der Waals surface area contributed by atoms with Crippen LogP contribution in [-0.2, 0) is 9.53 Å². The first kappa shape index (κ1) is 13.1. The van der Waals surface area contributed by atoms with Crippen LogP contribution in [0.25, 0.3) is 0 Å². The summed E-state index contributed by atoms with van der Waals surface area (Å²) in [6, 6.07) is 0. The molecule has 2 nitrogen and oxygen atoms in total. The van der Waals surface area contributed by atoms with Crippen molar-refractivity contribution >= 4 is 5.78 Å². The van der Waals surface area contributed by atoms with Crippen molar-refractivity contribution in [3.05, 3.63) is 0 Å². The molecule has 9 heteroatoms. The van der Waals surface area contributed by atoms with Crippen LogP contribution in [0.3, 0.4) is 0 Å². The standard InChI is InChI=1S/C5H3F7O2/c1-14-5(11,12)3(6,7)2(13)4(8,9)10/h1H3. The van der Waals surface area contributed by atoms with Crippen molar-refractivity contribution < 1.29 is 40.3 Å². The topological polar surface area (TPSA) is 26.3 Å². The van der Waals surface area contributed by atoms with Gasteiger partial charge in [-0.3, -0.25) is 4.79 Å². The van der Waals surface area contributed by atoms with Gasteiger partial charge in [-0.25, -0.2) is 0 Å². The molecule has 0 atom stereocenters. The van der Waals surface area contributed by atoms with Gasteiger partial charge in [-0.2, -0.15) is 30.7 Å². The van der Waals surface area contributed by atoms with Crippen molar-refractivity contribution in [1.29, 1.82) is 0 Å². The number of ketones is 1. The lowest BCUT2D eigenvalue weighted by Crippen LogP contribution is -2.53. The molecule has 0 aliphatic carbocycles. The summed E-state index contributed by atoms with van der Waals surface area (Å²) in [4.78, 5) is 9.86. The lowest BCUT2D eigenvalue weighted by molar-refractivity contribution is -0.331. The van der Waals surface area contributed by atoms with E-state index < -0.39 is 24.0 Å². The molecule has 0 saturated heterocycles. The van der Waals surface area contributed by atoms with E-state index in [4.69, 9.17) is 0 Å². The van der Waals surface area contributed by atoms with E-state index in [2.05, 4.69) is 4.74 Å². The summed E-state index contributed by atoms with van der Waals surface area (Å²) in [5.41, 5.74) is 0. The van der Waals surface area contributed by atoms with Crippen LogP contribution in [-0.4, -0.2) is 31.1 Å². The number of hydrogen-bond acceptors (Lipinski definition) is 2. The zero-order valence-corrected chi connectivity index (χ0v) is 6.46. The molecule has 0 radical (unpaired) electrons. The van der Waals surface area contributed by atoms with Gasteiger partial charge in [0.1, 0.15) is 0 Å². The molecule has 0 aromatic heterocycles. The number of methoxy groups -OCH3 is 1. The van der Waals surface area contributed by atoms with Crippen LogP contribution in [0.2, 0.25) is 0 Å². The van der Waals surface area contributed by atoms with Crippen LogP contribution in [0.15, 0.2) is 0 Å². The second-order valence-electron chi connectivity index (χ2n) is 2.12. The van der Waals surface area contributed by atoms with Crippen molar-refractivity contribution in [3.63, 3.8) is 0 Å². The van der Waals surface area contributed by atoms with Crippen molar-refractivity contribution in [2.45, 2.75) is 18.2 Å². The monoisotopic (exact) mass is 228 g/mol. The van der Waals surface area contributed by atoms with Gasteiger partial charge in [-0.15, -0.1) is 0 Å². The van der Waals surface area contributed by atoms with E-state index >= 15 is 0 Å². The van der Waals surface area contributed by atoms with Crippen molar-refractivity contribution in [1.82, 2.24) is 0 Å². The van der Waals surface area contributed by atoms with E-state index in [0.29, 0.717) is 0 Å². The van der Waals surface area contributed by atoms with Gasteiger partial charge in [0.05, 0.1) is 0 Å². The van der Waals surface area contributed by atoms with Crippen LogP contribution >= 0.6 is 0 Å². The minimum absolute atomic E-state index is 0.0531. The normalized spacial score (nSPS) is 14.3. The predicted octanol–water partition coefficient (Wildman–Crippen LogP) is 1.99. The molecular formula is C5H3F7O2. The summed E-state index contributed by atoms with van der Waals surface area (Å²) in [7, 11) is 0.0531. The molecule has 0 N–H and O–H groups in total. The molecule has 14 heavy (non-hydrogen) atoms. The second kappa shape index (κ2) is 3.37. The number of alkyl halides is 7. The van der Waals surface area contributed by atoms with E-state index in [1.54, 1.807) is 0 Å². The molecule has 0 aromatic rings. The quantitative estimate of drug-likeness (QED) is 0.690. The summed E-state index contributed by atoms with van der Waals surface area (Å²) in [6.45, 7) is 0. The molecule has 0 amide bonds. The maximum absolute atomic E-state index is 12.1. The van der Waals surface area contributed by atoms with E-state index in [1.165, 1.54) is 0 Å². The Labute approximate surface area is 72.6 Å². The minimum atomic E-state index is -6.05. The lowest BCUT2D eigenvalue weighted by Gasteiger charge is -2.23. The van der Waals surface area contributed by atoms with Gasteiger partial charge in [-0.05, 0) is 0 Å². The molecule has 0 aliphatic heterocycles. The van der Waals surface area contributed by atoms with Crippen LogP contribution in [0.4, 0.5) is 30.7 Å². The number of carbonyl (C=O) groups is 1. The molecule has 0 heterocycles. The Bertz CT molecular complexity index is 231. The zero-order valence-electron chi connectivity index (χ0n) is 6.46.